The van der Waals surface area contributed by atoms with E-state index in [-0.39, 0.29) is 16.1 Å². The zero-order chi connectivity index (χ0) is 24.8. The van der Waals surface area contributed by atoms with Crippen molar-refractivity contribution < 1.29 is 17.6 Å². The number of sulfonamides is 1. The molecule has 3 aromatic rings. The molecule has 1 amide bonds. The van der Waals surface area contributed by atoms with Crippen LogP contribution in [0.4, 0.5) is 15.8 Å². The predicted octanol–water partition coefficient (Wildman–Crippen LogP) is 5.64. The molecule has 0 aromatic heterocycles. The lowest BCUT2D eigenvalue weighted by Gasteiger charge is -2.31. The third-order valence-corrected chi connectivity index (χ3v) is 7.77. The minimum Gasteiger partial charge on any atom is -0.322 e. The lowest BCUT2D eigenvalue weighted by atomic mass is 9.94. The highest BCUT2D eigenvalue weighted by Gasteiger charge is 2.21. The van der Waals surface area contributed by atoms with Gasteiger partial charge >= 0.3 is 0 Å². The van der Waals surface area contributed by atoms with Gasteiger partial charge in [-0.3, -0.25) is 14.4 Å². The number of hydrogen-bond donors (Lipinski definition) is 2. The maximum atomic E-state index is 13.9. The molecule has 0 saturated heterocycles. The second-order valence-corrected chi connectivity index (χ2v) is 10.6. The lowest BCUT2D eigenvalue weighted by molar-refractivity contribution is 0.102. The summed E-state index contributed by atoms with van der Waals surface area (Å²) in [6.07, 6.45) is 6.17. The van der Waals surface area contributed by atoms with Gasteiger partial charge in [0, 0.05) is 23.8 Å². The SMILES string of the molecule is CN(Cc1ccccc1NC(=O)c1cccc(S(=O)(=O)Nc2ccccc2F)c1)C1CCCCC1. The van der Waals surface area contributed by atoms with Crippen LogP contribution < -0.4 is 10.0 Å². The first kappa shape index (κ1) is 24.9. The summed E-state index contributed by atoms with van der Waals surface area (Å²) in [5, 5.41) is 2.93. The third-order valence-electron chi connectivity index (χ3n) is 6.41. The first-order valence-corrected chi connectivity index (χ1v) is 13.3. The van der Waals surface area contributed by atoms with E-state index in [2.05, 4.69) is 22.0 Å². The molecule has 0 radical (unpaired) electrons. The van der Waals surface area contributed by atoms with Gasteiger partial charge in [0.05, 0.1) is 10.6 Å². The Labute approximate surface area is 206 Å². The molecule has 3 aromatic carbocycles. The van der Waals surface area contributed by atoms with Crippen molar-refractivity contribution >= 4 is 27.3 Å². The summed E-state index contributed by atoms with van der Waals surface area (Å²) in [5.74, 6) is -1.10. The fourth-order valence-electron chi connectivity index (χ4n) is 4.45. The van der Waals surface area contributed by atoms with Crippen molar-refractivity contribution in [3.63, 3.8) is 0 Å². The minimum absolute atomic E-state index is 0.126. The molecule has 4 rings (SSSR count). The highest BCUT2D eigenvalue weighted by molar-refractivity contribution is 7.92. The average Bonchev–Trinajstić information content (AvgIpc) is 2.87. The molecule has 6 nitrogen and oxygen atoms in total. The number of carbonyl (C=O) groups is 1. The molecule has 0 heterocycles. The first-order valence-electron chi connectivity index (χ1n) is 11.8. The number of benzene rings is 3. The van der Waals surface area contributed by atoms with E-state index in [1.165, 1.54) is 74.6 Å². The normalized spacial score (nSPS) is 14.6. The van der Waals surface area contributed by atoms with Gasteiger partial charge < -0.3 is 5.32 Å². The van der Waals surface area contributed by atoms with E-state index in [0.717, 1.165) is 5.56 Å². The van der Waals surface area contributed by atoms with Crippen LogP contribution in [0.5, 0.6) is 0 Å². The summed E-state index contributed by atoms with van der Waals surface area (Å²) in [6, 6.07) is 19.4. The summed E-state index contributed by atoms with van der Waals surface area (Å²) in [6.45, 7) is 0.710. The van der Waals surface area contributed by atoms with Crippen LogP contribution in [0.1, 0.15) is 48.0 Å². The highest BCUT2D eigenvalue weighted by atomic mass is 32.2. The minimum atomic E-state index is -4.08. The van der Waals surface area contributed by atoms with E-state index in [1.54, 1.807) is 6.07 Å². The number of anilines is 2. The van der Waals surface area contributed by atoms with E-state index in [0.29, 0.717) is 18.3 Å². The molecule has 35 heavy (non-hydrogen) atoms. The van der Waals surface area contributed by atoms with Crippen molar-refractivity contribution in [2.75, 3.05) is 17.1 Å². The fraction of sp³-hybridized carbons (Fsp3) is 0.296. The second kappa shape index (κ2) is 11.0. The van der Waals surface area contributed by atoms with Crippen molar-refractivity contribution in [3.8, 4) is 0 Å². The van der Waals surface area contributed by atoms with E-state index in [9.17, 15) is 17.6 Å². The van der Waals surface area contributed by atoms with Gasteiger partial charge in [0.15, 0.2) is 0 Å². The Balaban J connectivity index is 1.49. The number of rotatable bonds is 8. The van der Waals surface area contributed by atoms with Gasteiger partial charge in [-0.2, -0.15) is 0 Å². The summed E-state index contributed by atoms with van der Waals surface area (Å²) >= 11 is 0. The number of carbonyl (C=O) groups excluding carboxylic acids is 1. The van der Waals surface area contributed by atoms with E-state index in [1.807, 2.05) is 24.3 Å². The Bertz CT molecular complexity index is 1290. The van der Waals surface area contributed by atoms with E-state index >= 15 is 0 Å². The van der Waals surface area contributed by atoms with Crippen molar-refractivity contribution in [1.82, 2.24) is 4.90 Å². The van der Waals surface area contributed by atoms with Gasteiger partial charge in [-0.25, -0.2) is 12.8 Å². The van der Waals surface area contributed by atoms with Crippen molar-refractivity contribution in [1.29, 1.82) is 0 Å². The van der Waals surface area contributed by atoms with Gasteiger partial charge in [-0.05, 0) is 61.9 Å². The molecule has 0 unspecified atom stereocenters. The number of hydrogen-bond acceptors (Lipinski definition) is 4. The van der Waals surface area contributed by atoms with Crippen LogP contribution in [0.25, 0.3) is 0 Å². The molecule has 2 N–H and O–H groups in total. The molecular formula is C27H30FN3O3S. The van der Waals surface area contributed by atoms with Crippen LogP contribution in [0.2, 0.25) is 0 Å². The molecular weight excluding hydrogens is 465 g/mol. The molecule has 0 atom stereocenters. The molecule has 8 heteroatoms. The Kier molecular flexibility index (Phi) is 7.83. The molecule has 1 saturated carbocycles. The maximum Gasteiger partial charge on any atom is 0.262 e. The standard InChI is InChI=1S/C27H30FN3O3S/c1-31(22-12-3-2-4-13-22)19-21-10-5-7-16-25(21)29-27(32)20-11-9-14-23(18-20)35(33,34)30-26-17-8-6-15-24(26)28/h5-11,14-18,22,30H,2-4,12-13,19H2,1H3,(H,29,32). The molecule has 1 aliphatic rings. The predicted molar refractivity (Wildman–Crippen MR) is 136 cm³/mol. The third kappa shape index (κ3) is 6.26. The van der Waals surface area contributed by atoms with Gasteiger partial charge in [-0.1, -0.05) is 55.7 Å². The van der Waals surface area contributed by atoms with Crippen LogP contribution in [-0.2, 0) is 16.6 Å². The van der Waals surface area contributed by atoms with Crippen molar-refractivity contribution in [2.24, 2.45) is 0 Å². The zero-order valence-corrected chi connectivity index (χ0v) is 20.5. The maximum absolute atomic E-state index is 13.9. The van der Waals surface area contributed by atoms with Gasteiger partial charge in [0.1, 0.15) is 5.82 Å². The second-order valence-electron chi connectivity index (χ2n) is 8.93. The Morgan fingerprint density at radius 1 is 0.943 bits per heavy atom. The van der Waals surface area contributed by atoms with Crippen molar-refractivity contribution in [3.05, 3.63) is 89.7 Å². The molecule has 184 valence electrons. The Morgan fingerprint density at radius 2 is 1.63 bits per heavy atom. The van der Waals surface area contributed by atoms with E-state index in [4.69, 9.17) is 0 Å². The number of nitrogens with one attached hydrogen (secondary N) is 2. The quantitative estimate of drug-likeness (QED) is 0.424. The smallest absolute Gasteiger partial charge is 0.262 e. The number of halogens is 1. The van der Waals surface area contributed by atoms with Crippen LogP contribution in [0.3, 0.4) is 0 Å². The number of nitrogens with zero attached hydrogens (tertiary/aromatic N) is 1. The van der Waals surface area contributed by atoms with E-state index < -0.39 is 21.7 Å². The Hall–Kier alpha value is -3.23. The number of para-hydroxylation sites is 2. The fourth-order valence-corrected chi connectivity index (χ4v) is 5.56. The molecule has 0 aliphatic heterocycles. The summed E-state index contributed by atoms with van der Waals surface area (Å²) in [5.41, 5.74) is 1.73. The van der Waals surface area contributed by atoms with Crippen LogP contribution in [0.15, 0.2) is 77.7 Å². The van der Waals surface area contributed by atoms with Gasteiger partial charge in [0.25, 0.3) is 15.9 Å². The lowest BCUT2D eigenvalue weighted by Crippen LogP contribution is -2.33. The zero-order valence-electron chi connectivity index (χ0n) is 19.7. The summed E-state index contributed by atoms with van der Waals surface area (Å²) < 4.78 is 41.8. The molecule has 0 bridgehead atoms. The monoisotopic (exact) mass is 495 g/mol. The molecule has 1 aliphatic carbocycles. The Morgan fingerprint density at radius 3 is 2.37 bits per heavy atom. The highest BCUT2D eigenvalue weighted by Crippen LogP contribution is 2.25. The first-order chi connectivity index (χ1) is 16.8. The average molecular weight is 496 g/mol. The van der Waals surface area contributed by atoms with Crippen LogP contribution in [-0.4, -0.2) is 32.3 Å². The summed E-state index contributed by atoms with van der Waals surface area (Å²) in [4.78, 5) is 15.3. The largest absolute Gasteiger partial charge is 0.322 e. The molecule has 1 fully saturated rings. The topological polar surface area (TPSA) is 78.5 Å². The van der Waals surface area contributed by atoms with Gasteiger partial charge in [-0.15, -0.1) is 0 Å². The van der Waals surface area contributed by atoms with Crippen molar-refractivity contribution in [2.45, 2.75) is 49.6 Å². The van der Waals surface area contributed by atoms with Crippen LogP contribution >= 0.6 is 0 Å². The van der Waals surface area contributed by atoms with Gasteiger partial charge in [0.2, 0.25) is 0 Å². The number of amides is 1. The molecule has 0 spiro atoms. The summed E-state index contributed by atoms with van der Waals surface area (Å²) in [7, 11) is -1.96. The van der Waals surface area contributed by atoms with Crippen LogP contribution in [0, 0.1) is 5.82 Å².